The van der Waals surface area contributed by atoms with Gasteiger partial charge >= 0.3 is 0 Å². The van der Waals surface area contributed by atoms with Gasteiger partial charge < -0.3 is 9.84 Å². The minimum atomic E-state index is -3.49. The van der Waals surface area contributed by atoms with E-state index in [0.717, 1.165) is 6.42 Å². The first-order valence-electron chi connectivity index (χ1n) is 6.43. The second-order valence-corrected chi connectivity index (χ2v) is 6.63. The van der Waals surface area contributed by atoms with Gasteiger partial charge in [0, 0.05) is 26.2 Å². The van der Waals surface area contributed by atoms with E-state index in [4.69, 9.17) is 9.84 Å². The molecule has 1 fully saturated rings. The van der Waals surface area contributed by atoms with Gasteiger partial charge in [0.2, 0.25) is 0 Å². The molecule has 1 N–H and O–H groups in total. The van der Waals surface area contributed by atoms with Crippen LogP contribution in [-0.2, 0) is 14.9 Å². The first-order chi connectivity index (χ1) is 8.41. The van der Waals surface area contributed by atoms with Crippen LogP contribution in [0.5, 0.6) is 0 Å². The van der Waals surface area contributed by atoms with Crippen molar-refractivity contribution in [3.05, 3.63) is 0 Å². The molecule has 0 spiro atoms. The number of aliphatic hydroxyl groups excluding tert-OH is 1. The molecule has 0 saturated carbocycles. The molecule has 0 radical (unpaired) electrons. The number of hydrogen-bond acceptors (Lipinski definition) is 4. The third kappa shape index (κ3) is 3.89. The van der Waals surface area contributed by atoms with Gasteiger partial charge in [0.05, 0.1) is 18.8 Å². The lowest BCUT2D eigenvalue weighted by molar-refractivity contribution is -0.0455. The van der Waals surface area contributed by atoms with Crippen molar-refractivity contribution in [2.45, 2.75) is 39.4 Å². The summed E-state index contributed by atoms with van der Waals surface area (Å²) in [6, 6.07) is 0. The third-order valence-electron chi connectivity index (χ3n) is 2.86. The van der Waals surface area contributed by atoms with Crippen LogP contribution in [0.1, 0.15) is 27.2 Å². The molecule has 0 bridgehead atoms. The molecule has 1 heterocycles. The van der Waals surface area contributed by atoms with Crippen molar-refractivity contribution in [2.24, 2.45) is 0 Å². The Balaban J connectivity index is 2.82. The Hall–Kier alpha value is -0.210. The summed E-state index contributed by atoms with van der Waals surface area (Å²) in [6.45, 7) is 6.83. The van der Waals surface area contributed by atoms with Crippen molar-refractivity contribution in [3.8, 4) is 0 Å². The summed E-state index contributed by atoms with van der Waals surface area (Å²) >= 11 is 0. The second kappa shape index (κ2) is 6.81. The Labute approximate surface area is 110 Å². The normalized spacial score (nSPS) is 26.7. The number of nitrogens with zero attached hydrogens (tertiary/aromatic N) is 2. The van der Waals surface area contributed by atoms with Gasteiger partial charge in [-0.3, -0.25) is 0 Å². The van der Waals surface area contributed by atoms with E-state index in [0.29, 0.717) is 19.6 Å². The van der Waals surface area contributed by atoms with Crippen LogP contribution >= 0.6 is 0 Å². The number of hydrogen-bond donors (Lipinski definition) is 1. The number of aliphatic hydroxyl groups is 1. The Morgan fingerprint density at radius 3 is 2.28 bits per heavy atom. The average Bonchev–Trinajstić information content (AvgIpc) is 2.27. The highest BCUT2D eigenvalue weighted by Gasteiger charge is 2.34. The van der Waals surface area contributed by atoms with Gasteiger partial charge in [-0.25, -0.2) is 0 Å². The summed E-state index contributed by atoms with van der Waals surface area (Å²) in [7, 11) is -3.49. The molecule has 1 rings (SSSR count). The third-order valence-corrected chi connectivity index (χ3v) is 4.83. The molecule has 108 valence electrons. The molecular weight excluding hydrogens is 256 g/mol. The van der Waals surface area contributed by atoms with Gasteiger partial charge in [-0.05, 0) is 20.3 Å². The summed E-state index contributed by atoms with van der Waals surface area (Å²) in [4.78, 5) is 0. The van der Waals surface area contributed by atoms with E-state index in [2.05, 4.69) is 0 Å². The summed E-state index contributed by atoms with van der Waals surface area (Å²) in [5.41, 5.74) is 0. The van der Waals surface area contributed by atoms with Crippen LogP contribution in [0, 0.1) is 0 Å². The fourth-order valence-electron chi connectivity index (χ4n) is 2.19. The Morgan fingerprint density at radius 2 is 1.83 bits per heavy atom. The number of morpholine rings is 1. The summed E-state index contributed by atoms with van der Waals surface area (Å²) < 4.78 is 33.2. The van der Waals surface area contributed by atoms with Crippen molar-refractivity contribution in [3.63, 3.8) is 0 Å². The number of ether oxygens (including phenoxy) is 1. The summed E-state index contributed by atoms with van der Waals surface area (Å²) in [5, 5.41) is 8.98. The van der Waals surface area contributed by atoms with Gasteiger partial charge in [-0.1, -0.05) is 6.92 Å². The van der Waals surface area contributed by atoms with Gasteiger partial charge in [-0.2, -0.15) is 17.0 Å². The quantitative estimate of drug-likeness (QED) is 0.746. The minimum absolute atomic E-state index is 0.0962. The Morgan fingerprint density at radius 1 is 1.28 bits per heavy atom. The van der Waals surface area contributed by atoms with E-state index in [1.807, 2.05) is 20.8 Å². The standard InChI is InChI=1S/C11H24N2O4S/c1-4-5-12(6-7-14)18(15,16)13-8-10(2)17-11(3)9-13/h10-11,14H,4-9H2,1-3H3. The van der Waals surface area contributed by atoms with Crippen LogP contribution in [0.3, 0.4) is 0 Å². The predicted molar refractivity (Wildman–Crippen MR) is 69.5 cm³/mol. The van der Waals surface area contributed by atoms with Crippen molar-refractivity contribution >= 4 is 10.2 Å². The smallest absolute Gasteiger partial charge is 0.282 e. The van der Waals surface area contributed by atoms with Crippen molar-refractivity contribution in [2.75, 3.05) is 32.8 Å². The van der Waals surface area contributed by atoms with Crippen molar-refractivity contribution in [1.29, 1.82) is 0 Å². The summed E-state index contributed by atoms with van der Waals surface area (Å²) in [5.74, 6) is 0. The maximum atomic E-state index is 12.4. The fourth-order valence-corrected chi connectivity index (χ4v) is 4.03. The van der Waals surface area contributed by atoms with Gasteiger partial charge in [0.15, 0.2) is 0 Å². The SMILES string of the molecule is CCCN(CCO)S(=O)(=O)N1CC(C)OC(C)C1. The molecule has 1 aliphatic rings. The lowest BCUT2D eigenvalue weighted by Gasteiger charge is -2.37. The van der Waals surface area contributed by atoms with E-state index in [-0.39, 0.29) is 25.4 Å². The van der Waals surface area contributed by atoms with Crippen LogP contribution in [0.4, 0.5) is 0 Å². The Bertz CT molecular complexity index is 331. The lowest BCUT2D eigenvalue weighted by Crippen LogP contribution is -2.53. The minimum Gasteiger partial charge on any atom is -0.395 e. The highest BCUT2D eigenvalue weighted by molar-refractivity contribution is 7.86. The molecule has 7 heteroatoms. The summed E-state index contributed by atoms with van der Waals surface area (Å²) in [6.07, 6.45) is 0.538. The molecule has 0 aromatic carbocycles. The number of rotatable bonds is 6. The lowest BCUT2D eigenvalue weighted by atomic mass is 10.3. The molecule has 1 aliphatic heterocycles. The van der Waals surface area contributed by atoms with Gasteiger partial charge in [-0.15, -0.1) is 0 Å². The topological polar surface area (TPSA) is 70.1 Å². The predicted octanol–water partition coefficient (Wildman–Crippen LogP) is 0.0447. The largest absolute Gasteiger partial charge is 0.395 e. The zero-order valence-corrected chi connectivity index (χ0v) is 12.2. The molecule has 1 saturated heterocycles. The molecule has 18 heavy (non-hydrogen) atoms. The van der Waals surface area contributed by atoms with Crippen LogP contribution in [0.25, 0.3) is 0 Å². The monoisotopic (exact) mass is 280 g/mol. The first kappa shape index (κ1) is 15.8. The van der Waals surface area contributed by atoms with Crippen LogP contribution in [-0.4, -0.2) is 67.1 Å². The maximum absolute atomic E-state index is 12.4. The van der Waals surface area contributed by atoms with E-state index in [9.17, 15) is 8.42 Å². The highest BCUT2D eigenvalue weighted by Crippen LogP contribution is 2.17. The highest BCUT2D eigenvalue weighted by atomic mass is 32.2. The first-order valence-corrected chi connectivity index (χ1v) is 7.83. The maximum Gasteiger partial charge on any atom is 0.282 e. The van der Waals surface area contributed by atoms with Crippen LogP contribution < -0.4 is 0 Å². The van der Waals surface area contributed by atoms with Gasteiger partial charge in [0.25, 0.3) is 10.2 Å². The molecule has 0 amide bonds. The van der Waals surface area contributed by atoms with Crippen molar-refractivity contribution < 1.29 is 18.3 Å². The van der Waals surface area contributed by atoms with Gasteiger partial charge in [0.1, 0.15) is 0 Å². The Kier molecular flexibility index (Phi) is 6.00. The molecule has 2 atom stereocenters. The van der Waals surface area contributed by atoms with E-state index in [1.54, 1.807) is 0 Å². The molecule has 6 nitrogen and oxygen atoms in total. The average molecular weight is 280 g/mol. The van der Waals surface area contributed by atoms with E-state index >= 15 is 0 Å². The molecule has 0 aromatic heterocycles. The molecule has 0 aromatic rings. The molecule has 2 unspecified atom stereocenters. The molecular formula is C11H24N2O4S. The zero-order chi connectivity index (χ0) is 13.8. The zero-order valence-electron chi connectivity index (χ0n) is 11.4. The van der Waals surface area contributed by atoms with Crippen molar-refractivity contribution in [1.82, 2.24) is 8.61 Å². The van der Waals surface area contributed by atoms with Crippen LogP contribution in [0.2, 0.25) is 0 Å². The van der Waals surface area contributed by atoms with E-state index < -0.39 is 10.2 Å². The molecule has 0 aliphatic carbocycles. The fraction of sp³-hybridized carbons (Fsp3) is 1.00. The second-order valence-electron chi connectivity index (χ2n) is 4.70. The van der Waals surface area contributed by atoms with E-state index in [1.165, 1.54) is 8.61 Å². The van der Waals surface area contributed by atoms with Crippen LogP contribution in [0.15, 0.2) is 0 Å².